The number of rotatable bonds is 4. The van der Waals surface area contributed by atoms with E-state index in [2.05, 4.69) is 16.9 Å². The molecule has 1 aromatic carbocycles. The second-order valence-corrected chi connectivity index (χ2v) is 5.18. The van der Waals surface area contributed by atoms with Crippen LogP contribution in [-0.4, -0.2) is 34.4 Å². The summed E-state index contributed by atoms with van der Waals surface area (Å²) in [7, 11) is 1.84. The molecule has 0 radical (unpaired) electrons. The molecule has 1 heterocycles. The van der Waals surface area contributed by atoms with E-state index in [0.717, 1.165) is 41.8 Å². The van der Waals surface area contributed by atoms with Gasteiger partial charge in [-0.05, 0) is 38.5 Å². The third-order valence-electron chi connectivity index (χ3n) is 3.52. The molecule has 0 aliphatic carbocycles. The molecule has 0 atom stereocenters. The number of aromatic nitrogens is 2. The minimum Gasteiger partial charge on any atom is -0.342 e. The summed E-state index contributed by atoms with van der Waals surface area (Å²) in [6.45, 7) is 6.78. The monoisotopic (exact) mass is 271 g/mol. The maximum Gasteiger partial charge on any atom is 0.253 e. The molecule has 0 unspecified atom stereocenters. The van der Waals surface area contributed by atoms with Crippen molar-refractivity contribution < 1.29 is 4.79 Å². The molecule has 0 aliphatic heterocycles. The van der Waals surface area contributed by atoms with Crippen LogP contribution in [0.4, 0.5) is 0 Å². The Morgan fingerprint density at radius 2 is 1.80 bits per heavy atom. The van der Waals surface area contributed by atoms with E-state index in [1.807, 2.05) is 39.1 Å². The van der Waals surface area contributed by atoms with E-state index >= 15 is 0 Å². The Bertz CT molecular complexity index is 637. The number of benzene rings is 1. The van der Waals surface area contributed by atoms with Crippen LogP contribution in [0.3, 0.4) is 0 Å². The van der Waals surface area contributed by atoms with Gasteiger partial charge in [0.1, 0.15) is 0 Å². The molecule has 0 saturated heterocycles. The maximum atomic E-state index is 12.3. The normalized spacial score (nSPS) is 10.8. The van der Waals surface area contributed by atoms with Gasteiger partial charge in [0.05, 0.1) is 22.4 Å². The SMILES string of the molecule is CCCCN(C)C(=O)c1ccc2nc(C)c(C)nc2c1. The number of unbranched alkanes of at least 4 members (excludes halogenated alkanes) is 1. The van der Waals surface area contributed by atoms with Gasteiger partial charge in [0.25, 0.3) is 5.91 Å². The molecule has 106 valence electrons. The zero-order valence-corrected chi connectivity index (χ0v) is 12.6. The van der Waals surface area contributed by atoms with Crippen molar-refractivity contribution in [3.63, 3.8) is 0 Å². The zero-order chi connectivity index (χ0) is 14.7. The van der Waals surface area contributed by atoms with Crippen LogP contribution in [0.1, 0.15) is 41.5 Å². The number of carbonyl (C=O) groups is 1. The van der Waals surface area contributed by atoms with Gasteiger partial charge in [-0.2, -0.15) is 0 Å². The van der Waals surface area contributed by atoms with Crippen molar-refractivity contribution in [2.24, 2.45) is 0 Å². The van der Waals surface area contributed by atoms with Crippen molar-refractivity contribution in [3.8, 4) is 0 Å². The summed E-state index contributed by atoms with van der Waals surface area (Å²) in [5.41, 5.74) is 4.12. The number of carbonyl (C=O) groups excluding carboxylic acids is 1. The molecule has 0 bridgehead atoms. The van der Waals surface area contributed by atoms with Gasteiger partial charge in [-0.15, -0.1) is 0 Å². The van der Waals surface area contributed by atoms with E-state index in [4.69, 9.17) is 0 Å². The van der Waals surface area contributed by atoms with Crippen LogP contribution in [0.2, 0.25) is 0 Å². The van der Waals surface area contributed by atoms with E-state index < -0.39 is 0 Å². The first-order valence-corrected chi connectivity index (χ1v) is 7.03. The molecule has 4 heteroatoms. The minimum atomic E-state index is 0.0420. The molecule has 2 aromatic rings. The summed E-state index contributed by atoms with van der Waals surface area (Å²) in [5.74, 6) is 0.0420. The zero-order valence-electron chi connectivity index (χ0n) is 12.6. The fourth-order valence-electron chi connectivity index (χ4n) is 2.08. The topological polar surface area (TPSA) is 46.1 Å². The summed E-state index contributed by atoms with van der Waals surface area (Å²) >= 11 is 0. The number of hydrogen-bond acceptors (Lipinski definition) is 3. The number of hydrogen-bond donors (Lipinski definition) is 0. The minimum absolute atomic E-state index is 0.0420. The van der Waals surface area contributed by atoms with Crippen molar-refractivity contribution in [2.45, 2.75) is 33.6 Å². The van der Waals surface area contributed by atoms with Crippen molar-refractivity contribution in [2.75, 3.05) is 13.6 Å². The molecule has 1 amide bonds. The largest absolute Gasteiger partial charge is 0.342 e. The van der Waals surface area contributed by atoms with E-state index in [1.165, 1.54) is 0 Å². The highest BCUT2D eigenvalue weighted by molar-refractivity contribution is 5.97. The van der Waals surface area contributed by atoms with Crippen molar-refractivity contribution >= 4 is 16.9 Å². The van der Waals surface area contributed by atoms with E-state index in [0.29, 0.717) is 5.56 Å². The average molecular weight is 271 g/mol. The van der Waals surface area contributed by atoms with Crippen molar-refractivity contribution in [1.29, 1.82) is 0 Å². The molecular formula is C16H21N3O. The van der Waals surface area contributed by atoms with Crippen LogP contribution in [0.25, 0.3) is 11.0 Å². The molecule has 0 N–H and O–H groups in total. The lowest BCUT2D eigenvalue weighted by Gasteiger charge is -2.16. The third kappa shape index (κ3) is 2.95. The van der Waals surface area contributed by atoms with Gasteiger partial charge in [-0.1, -0.05) is 13.3 Å². The quantitative estimate of drug-likeness (QED) is 0.858. The molecule has 0 saturated carbocycles. The lowest BCUT2D eigenvalue weighted by Crippen LogP contribution is -2.27. The van der Waals surface area contributed by atoms with Gasteiger partial charge in [-0.25, -0.2) is 9.97 Å². The van der Waals surface area contributed by atoms with Gasteiger partial charge >= 0.3 is 0 Å². The second kappa shape index (κ2) is 5.99. The molecule has 20 heavy (non-hydrogen) atoms. The standard InChI is InChI=1S/C16H21N3O/c1-5-6-9-19(4)16(20)13-7-8-14-15(10-13)18-12(3)11(2)17-14/h7-8,10H,5-6,9H2,1-4H3. The van der Waals surface area contributed by atoms with Gasteiger partial charge in [-0.3, -0.25) is 4.79 Å². The van der Waals surface area contributed by atoms with Crippen molar-refractivity contribution in [1.82, 2.24) is 14.9 Å². The third-order valence-corrected chi connectivity index (χ3v) is 3.52. The van der Waals surface area contributed by atoms with Gasteiger partial charge in [0, 0.05) is 19.2 Å². The van der Waals surface area contributed by atoms with Crippen LogP contribution < -0.4 is 0 Å². The predicted molar refractivity (Wildman–Crippen MR) is 80.9 cm³/mol. The number of fused-ring (bicyclic) bond motifs is 1. The first-order chi connectivity index (χ1) is 9.52. The van der Waals surface area contributed by atoms with Crippen LogP contribution in [0.5, 0.6) is 0 Å². The summed E-state index contributed by atoms with van der Waals surface area (Å²) in [4.78, 5) is 23.1. The maximum absolute atomic E-state index is 12.3. The van der Waals surface area contributed by atoms with E-state index in [1.54, 1.807) is 4.90 Å². The fraction of sp³-hybridized carbons (Fsp3) is 0.438. The number of amides is 1. The Labute approximate surface area is 119 Å². The molecule has 1 aromatic heterocycles. The Kier molecular flexibility index (Phi) is 4.32. The average Bonchev–Trinajstić information content (AvgIpc) is 2.44. The van der Waals surface area contributed by atoms with Gasteiger partial charge in [0.2, 0.25) is 0 Å². The number of aryl methyl sites for hydroxylation is 2. The summed E-state index contributed by atoms with van der Waals surface area (Å²) in [6, 6.07) is 5.53. The van der Waals surface area contributed by atoms with E-state index in [9.17, 15) is 4.79 Å². The highest BCUT2D eigenvalue weighted by Crippen LogP contribution is 2.15. The van der Waals surface area contributed by atoms with E-state index in [-0.39, 0.29) is 5.91 Å². The molecule has 2 rings (SSSR count). The lowest BCUT2D eigenvalue weighted by atomic mass is 10.1. The molecular weight excluding hydrogens is 250 g/mol. The highest BCUT2D eigenvalue weighted by Gasteiger charge is 2.12. The summed E-state index contributed by atoms with van der Waals surface area (Å²) in [5, 5.41) is 0. The van der Waals surface area contributed by atoms with Gasteiger partial charge < -0.3 is 4.90 Å². The number of nitrogens with zero attached hydrogens (tertiary/aromatic N) is 3. The van der Waals surface area contributed by atoms with Crippen LogP contribution in [0, 0.1) is 13.8 Å². The summed E-state index contributed by atoms with van der Waals surface area (Å²) in [6.07, 6.45) is 2.10. The molecule has 0 fully saturated rings. The Hall–Kier alpha value is -1.97. The summed E-state index contributed by atoms with van der Waals surface area (Å²) < 4.78 is 0. The smallest absolute Gasteiger partial charge is 0.253 e. The lowest BCUT2D eigenvalue weighted by molar-refractivity contribution is 0.0793. The van der Waals surface area contributed by atoms with Gasteiger partial charge in [0.15, 0.2) is 0 Å². The Morgan fingerprint density at radius 3 is 2.45 bits per heavy atom. The fourth-order valence-corrected chi connectivity index (χ4v) is 2.08. The Balaban J connectivity index is 2.31. The van der Waals surface area contributed by atoms with Crippen LogP contribution >= 0.6 is 0 Å². The molecule has 0 spiro atoms. The first kappa shape index (κ1) is 14.4. The van der Waals surface area contributed by atoms with Crippen LogP contribution in [-0.2, 0) is 0 Å². The second-order valence-electron chi connectivity index (χ2n) is 5.18. The highest BCUT2D eigenvalue weighted by atomic mass is 16.2. The van der Waals surface area contributed by atoms with Crippen molar-refractivity contribution in [3.05, 3.63) is 35.2 Å². The predicted octanol–water partition coefficient (Wildman–Crippen LogP) is 3.12. The van der Waals surface area contributed by atoms with Crippen LogP contribution in [0.15, 0.2) is 18.2 Å². The molecule has 4 nitrogen and oxygen atoms in total. The Morgan fingerprint density at radius 1 is 1.15 bits per heavy atom. The first-order valence-electron chi connectivity index (χ1n) is 7.03. The molecule has 0 aliphatic rings.